The molecule has 6 nitrogen and oxygen atoms in total. The molecule has 2 heterocycles. The Morgan fingerprint density at radius 1 is 1.25 bits per heavy atom. The van der Waals surface area contributed by atoms with Gasteiger partial charge in [0.15, 0.2) is 0 Å². The monoisotopic (exact) mass is 294 g/mol. The largest absolute Gasteiger partial charge is 0.355 e. The van der Waals surface area contributed by atoms with Gasteiger partial charge in [0.25, 0.3) is 0 Å². The molecule has 2 amide bonds. The second-order valence-electron chi connectivity index (χ2n) is 4.35. The molecule has 0 aliphatic rings. The number of rotatable bonds is 5. The number of hydrogen-bond acceptors (Lipinski definition) is 3. The molecule has 0 radical (unpaired) electrons. The van der Waals surface area contributed by atoms with Crippen LogP contribution in [0, 0.1) is 0 Å². The first-order valence-electron chi connectivity index (χ1n) is 6.19. The lowest BCUT2D eigenvalue weighted by molar-refractivity contribution is -0.121. The smallest absolute Gasteiger partial charge is 0.226 e. The Labute approximate surface area is 121 Å². The number of pyridine rings is 1. The van der Waals surface area contributed by atoms with E-state index in [0.717, 1.165) is 5.65 Å². The van der Waals surface area contributed by atoms with E-state index in [1.165, 1.54) is 6.92 Å². The molecule has 20 heavy (non-hydrogen) atoms. The van der Waals surface area contributed by atoms with Gasteiger partial charge in [-0.2, -0.15) is 0 Å². The molecule has 0 spiro atoms. The molecule has 0 aliphatic carbocycles. The molecular formula is C13H15ClN4O2. The number of hydrogen-bond donors (Lipinski definition) is 2. The molecule has 0 bridgehead atoms. The molecular weight excluding hydrogens is 280 g/mol. The van der Waals surface area contributed by atoms with Crippen molar-refractivity contribution < 1.29 is 9.59 Å². The number of amides is 2. The number of imidazole rings is 1. The SMILES string of the molecule is CC(=O)NCCNC(=O)Cc1cn2cc(Cl)ccc2n1. The number of fused-ring (bicyclic) bond motifs is 1. The number of carbonyl (C=O) groups is 2. The number of halogens is 1. The normalized spacial score (nSPS) is 10.5. The predicted octanol–water partition coefficient (Wildman–Crippen LogP) is 0.782. The van der Waals surface area contributed by atoms with Crippen LogP contribution in [0.15, 0.2) is 24.5 Å². The quantitative estimate of drug-likeness (QED) is 0.800. The van der Waals surface area contributed by atoms with Crippen LogP contribution in [0.1, 0.15) is 12.6 Å². The van der Waals surface area contributed by atoms with Crippen LogP contribution in [-0.4, -0.2) is 34.3 Å². The molecule has 0 saturated carbocycles. The molecule has 2 aromatic rings. The Hall–Kier alpha value is -2.08. The Kier molecular flexibility index (Phi) is 4.57. The van der Waals surface area contributed by atoms with Gasteiger partial charge in [-0.05, 0) is 12.1 Å². The van der Waals surface area contributed by atoms with Crippen LogP contribution in [0.25, 0.3) is 5.65 Å². The maximum absolute atomic E-state index is 11.7. The van der Waals surface area contributed by atoms with Crippen molar-refractivity contribution in [2.75, 3.05) is 13.1 Å². The van der Waals surface area contributed by atoms with Gasteiger partial charge in [0.05, 0.1) is 17.1 Å². The highest BCUT2D eigenvalue weighted by atomic mass is 35.5. The summed E-state index contributed by atoms with van der Waals surface area (Å²) < 4.78 is 1.78. The van der Waals surface area contributed by atoms with E-state index in [0.29, 0.717) is 23.8 Å². The third kappa shape index (κ3) is 3.96. The molecule has 0 unspecified atom stereocenters. The minimum atomic E-state index is -0.134. The Morgan fingerprint density at radius 2 is 2.00 bits per heavy atom. The van der Waals surface area contributed by atoms with Crippen molar-refractivity contribution in [2.24, 2.45) is 0 Å². The maximum atomic E-state index is 11.7. The first kappa shape index (κ1) is 14.3. The van der Waals surface area contributed by atoms with Crippen LogP contribution >= 0.6 is 11.6 Å². The molecule has 0 atom stereocenters. The third-order valence-electron chi connectivity index (χ3n) is 2.63. The standard InChI is InChI=1S/C13H15ClN4O2/c1-9(19)15-4-5-16-13(20)6-11-8-18-7-10(14)2-3-12(18)17-11/h2-3,7-8H,4-6H2,1H3,(H,15,19)(H,16,20). The fourth-order valence-electron chi connectivity index (χ4n) is 1.77. The average Bonchev–Trinajstić information content (AvgIpc) is 2.75. The lowest BCUT2D eigenvalue weighted by Gasteiger charge is -2.04. The summed E-state index contributed by atoms with van der Waals surface area (Å²) in [5, 5.41) is 5.93. The summed E-state index contributed by atoms with van der Waals surface area (Å²) in [4.78, 5) is 26.7. The summed E-state index contributed by atoms with van der Waals surface area (Å²) in [7, 11) is 0. The summed E-state index contributed by atoms with van der Waals surface area (Å²) in [5.41, 5.74) is 1.42. The highest BCUT2D eigenvalue weighted by Crippen LogP contribution is 2.11. The zero-order valence-electron chi connectivity index (χ0n) is 11.0. The summed E-state index contributed by atoms with van der Waals surface area (Å²) in [6, 6.07) is 3.54. The third-order valence-corrected chi connectivity index (χ3v) is 2.85. The highest BCUT2D eigenvalue weighted by Gasteiger charge is 2.07. The van der Waals surface area contributed by atoms with Crippen LogP contribution in [0.2, 0.25) is 5.02 Å². The molecule has 2 aromatic heterocycles. The van der Waals surface area contributed by atoms with Crippen LogP contribution in [-0.2, 0) is 16.0 Å². The fraction of sp³-hybridized carbons (Fsp3) is 0.308. The van der Waals surface area contributed by atoms with Crippen molar-refractivity contribution in [3.8, 4) is 0 Å². The van der Waals surface area contributed by atoms with E-state index in [1.54, 1.807) is 28.9 Å². The highest BCUT2D eigenvalue weighted by molar-refractivity contribution is 6.30. The van der Waals surface area contributed by atoms with Gasteiger partial charge in [0.2, 0.25) is 11.8 Å². The Morgan fingerprint density at radius 3 is 2.75 bits per heavy atom. The molecule has 106 valence electrons. The topological polar surface area (TPSA) is 75.5 Å². The lowest BCUT2D eigenvalue weighted by Crippen LogP contribution is -2.34. The summed E-state index contributed by atoms with van der Waals surface area (Å²) in [6.45, 7) is 2.25. The Bertz CT molecular complexity index is 638. The van der Waals surface area contributed by atoms with Crippen molar-refractivity contribution in [2.45, 2.75) is 13.3 Å². The second kappa shape index (κ2) is 6.38. The van der Waals surface area contributed by atoms with Gasteiger partial charge in [-0.15, -0.1) is 0 Å². The van der Waals surface area contributed by atoms with E-state index in [4.69, 9.17) is 11.6 Å². The van der Waals surface area contributed by atoms with Gasteiger partial charge in [-0.25, -0.2) is 4.98 Å². The lowest BCUT2D eigenvalue weighted by atomic mass is 10.3. The molecule has 7 heteroatoms. The van der Waals surface area contributed by atoms with Crippen molar-refractivity contribution >= 4 is 29.1 Å². The molecule has 0 aliphatic heterocycles. The summed E-state index contributed by atoms with van der Waals surface area (Å²) >= 11 is 5.88. The van der Waals surface area contributed by atoms with Gasteiger partial charge in [0.1, 0.15) is 5.65 Å². The zero-order valence-corrected chi connectivity index (χ0v) is 11.8. The van der Waals surface area contributed by atoms with Crippen LogP contribution in [0.3, 0.4) is 0 Å². The van der Waals surface area contributed by atoms with E-state index >= 15 is 0 Å². The zero-order chi connectivity index (χ0) is 14.5. The molecule has 2 N–H and O–H groups in total. The van der Waals surface area contributed by atoms with Crippen molar-refractivity contribution in [3.63, 3.8) is 0 Å². The first-order valence-corrected chi connectivity index (χ1v) is 6.56. The number of aromatic nitrogens is 2. The van der Waals surface area contributed by atoms with Gasteiger partial charge >= 0.3 is 0 Å². The minimum Gasteiger partial charge on any atom is -0.355 e. The van der Waals surface area contributed by atoms with E-state index in [-0.39, 0.29) is 18.2 Å². The van der Waals surface area contributed by atoms with Crippen LogP contribution in [0.4, 0.5) is 0 Å². The van der Waals surface area contributed by atoms with Crippen molar-refractivity contribution in [1.29, 1.82) is 0 Å². The van der Waals surface area contributed by atoms with Gasteiger partial charge in [0, 0.05) is 32.4 Å². The van der Waals surface area contributed by atoms with Crippen molar-refractivity contribution in [1.82, 2.24) is 20.0 Å². The van der Waals surface area contributed by atoms with Gasteiger partial charge in [-0.3, -0.25) is 9.59 Å². The van der Waals surface area contributed by atoms with Crippen LogP contribution in [0.5, 0.6) is 0 Å². The number of nitrogens with zero attached hydrogens (tertiary/aromatic N) is 2. The van der Waals surface area contributed by atoms with Crippen LogP contribution < -0.4 is 10.6 Å². The maximum Gasteiger partial charge on any atom is 0.226 e. The summed E-state index contributed by atoms with van der Waals surface area (Å²) in [5.74, 6) is -0.249. The molecule has 0 fully saturated rings. The van der Waals surface area contributed by atoms with Gasteiger partial charge < -0.3 is 15.0 Å². The van der Waals surface area contributed by atoms with E-state index in [2.05, 4.69) is 15.6 Å². The van der Waals surface area contributed by atoms with Gasteiger partial charge in [-0.1, -0.05) is 11.6 Å². The first-order chi connectivity index (χ1) is 9.54. The second-order valence-corrected chi connectivity index (χ2v) is 4.79. The minimum absolute atomic E-state index is 0.114. The molecule has 2 rings (SSSR count). The Balaban J connectivity index is 1.88. The fourth-order valence-corrected chi connectivity index (χ4v) is 1.94. The average molecular weight is 295 g/mol. The van der Waals surface area contributed by atoms with Crippen molar-refractivity contribution in [3.05, 3.63) is 35.2 Å². The number of nitrogens with one attached hydrogen (secondary N) is 2. The summed E-state index contributed by atoms with van der Waals surface area (Å²) in [6.07, 6.45) is 3.70. The molecule has 0 saturated heterocycles. The molecule has 0 aromatic carbocycles. The predicted molar refractivity (Wildman–Crippen MR) is 75.6 cm³/mol. The number of carbonyl (C=O) groups excluding carboxylic acids is 2. The van der Waals surface area contributed by atoms with E-state index in [9.17, 15) is 9.59 Å². The van der Waals surface area contributed by atoms with E-state index < -0.39 is 0 Å². The van der Waals surface area contributed by atoms with E-state index in [1.807, 2.05) is 0 Å².